The molecule has 0 unspecified atom stereocenters. The van der Waals surface area contributed by atoms with Gasteiger partial charge < -0.3 is 16.8 Å². The molecule has 6 heteroatoms. The van der Waals surface area contributed by atoms with Gasteiger partial charge in [0.2, 0.25) is 11.8 Å². The number of carbonyl (C=O) groups is 3. The first-order valence-electron chi connectivity index (χ1n) is 8.00. The number of amides is 3. The fraction of sp³-hybridized carbons (Fsp3) is 0.500. The Balaban J connectivity index is 2.39. The number of fused-ring (bicyclic) bond motifs is 1. The second kappa shape index (κ2) is 5.92. The van der Waals surface area contributed by atoms with Crippen LogP contribution in [0, 0.1) is 0 Å². The van der Waals surface area contributed by atoms with Gasteiger partial charge in [-0.25, -0.2) is 0 Å². The maximum absolute atomic E-state index is 12.4. The van der Waals surface area contributed by atoms with E-state index in [-0.39, 0.29) is 10.8 Å². The molecule has 0 heterocycles. The van der Waals surface area contributed by atoms with Gasteiger partial charge in [-0.1, -0.05) is 33.8 Å². The Morgan fingerprint density at radius 2 is 1.46 bits per heavy atom. The molecule has 5 N–H and O–H groups in total. The number of benzene rings is 1. The van der Waals surface area contributed by atoms with Crippen LogP contribution in [0.25, 0.3) is 0 Å². The molecule has 0 saturated heterocycles. The predicted octanol–water partition coefficient (Wildman–Crippen LogP) is 1.10. The van der Waals surface area contributed by atoms with Crippen LogP contribution in [0.2, 0.25) is 0 Å². The van der Waals surface area contributed by atoms with E-state index in [0.717, 1.165) is 18.4 Å². The third-order valence-electron chi connectivity index (χ3n) is 4.96. The van der Waals surface area contributed by atoms with E-state index in [1.54, 1.807) is 6.07 Å². The van der Waals surface area contributed by atoms with Crippen LogP contribution in [0.4, 0.5) is 0 Å². The van der Waals surface area contributed by atoms with Gasteiger partial charge in [-0.15, -0.1) is 0 Å². The van der Waals surface area contributed by atoms with Gasteiger partial charge >= 0.3 is 0 Å². The standard InChI is InChI=1S/C18H25N3O3/c1-17(2)7-8-18(3,4)12-9-10(5-6-11(12)17)16(24)21-13(14(19)22)15(20)23/h5-6,9,13H,7-8H2,1-4H3,(H2,19,22)(H2,20,23)(H,21,24). The van der Waals surface area contributed by atoms with Gasteiger partial charge in [0.25, 0.3) is 5.91 Å². The minimum atomic E-state index is -1.52. The number of hydrogen-bond acceptors (Lipinski definition) is 3. The summed E-state index contributed by atoms with van der Waals surface area (Å²) in [7, 11) is 0. The molecule has 3 amide bonds. The minimum absolute atomic E-state index is 0.0445. The molecule has 0 radical (unpaired) electrons. The molecule has 24 heavy (non-hydrogen) atoms. The summed E-state index contributed by atoms with van der Waals surface area (Å²) in [5.41, 5.74) is 12.9. The van der Waals surface area contributed by atoms with Crippen molar-refractivity contribution in [2.45, 2.75) is 57.4 Å². The normalized spacial score (nSPS) is 17.9. The Morgan fingerprint density at radius 1 is 0.958 bits per heavy atom. The topological polar surface area (TPSA) is 115 Å². The van der Waals surface area contributed by atoms with Crippen LogP contribution < -0.4 is 16.8 Å². The van der Waals surface area contributed by atoms with Crippen LogP contribution in [0.1, 0.15) is 62.0 Å². The number of nitrogens with one attached hydrogen (secondary N) is 1. The lowest BCUT2D eigenvalue weighted by Gasteiger charge is -2.42. The molecular formula is C18H25N3O3. The second-order valence-electron chi connectivity index (χ2n) is 7.74. The first-order valence-corrected chi connectivity index (χ1v) is 8.00. The van der Waals surface area contributed by atoms with Crippen LogP contribution in [0.15, 0.2) is 18.2 Å². The Bertz CT molecular complexity index is 693. The first-order chi connectivity index (χ1) is 11.0. The summed E-state index contributed by atoms with van der Waals surface area (Å²) in [6, 6.07) is 3.98. The van der Waals surface area contributed by atoms with Crippen LogP contribution in [0.3, 0.4) is 0 Å². The molecule has 0 aliphatic heterocycles. The molecule has 0 aromatic heterocycles. The molecule has 1 aliphatic carbocycles. The zero-order valence-corrected chi connectivity index (χ0v) is 14.6. The number of hydrogen-bond donors (Lipinski definition) is 3. The molecule has 130 valence electrons. The monoisotopic (exact) mass is 331 g/mol. The molecule has 1 aromatic rings. The van der Waals surface area contributed by atoms with Gasteiger partial charge in [0.05, 0.1) is 0 Å². The number of nitrogens with two attached hydrogens (primary N) is 2. The smallest absolute Gasteiger partial charge is 0.252 e. The molecule has 6 nitrogen and oxygen atoms in total. The Kier molecular flexibility index (Phi) is 4.44. The zero-order valence-electron chi connectivity index (χ0n) is 14.6. The highest BCUT2D eigenvalue weighted by Gasteiger charge is 2.37. The maximum atomic E-state index is 12.4. The van der Waals surface area contributed by atoms with Crippen molar-refractivity contribution in [3.63, 3.8) is 0 Å². The molecule has 0 atom stereocenters. The second-order valence-corrected chi connectivity index (χ2v) is 7.74. The third-order valence-corrected chi connectivity index (χ3v) is 4.96. The summed E-state index contributed by atoms with van der Waals surface area (Å²) in [6.07, 6.45) is 2.09. The SMILES string of the molecule is CC1(C)CCC(C)(C)c2cc(C(=O)NC(C(N)=O)C(N)=O)ccc21. The summed E-state index contributed by atoms with van der Waals surface area (Å²) in [5, 5.41) is 2.30. The van der Waals surface area contributed by atoms with Gasteiger partial charge in [-0.05, 0) is 46.9 Å². The van der Waals surface area contributed by atoms with Crippen molar-refractivity contribution in [1.29, 1.82) is 0 Å². The van der Waals surface area contributed by atoms with E-state index in [1.165, 1.54) is 5.56 Å². The lowest BCUT2D eigenvalue weighted by atomic mass is 9.63. The fourth-order valence-electron chi connectivity index (χ4n) is 3.23. The van der Waals surface area contributed by atoms with Crippen LogP contribution in [-0.2, 0) is 20.4 Å². The summed E-state index contributed by atoms with van der Waals surface area (Å²) in [4.78, 5) is 34.9. The van der Waals surface area contributed by atoms with Crippen molar-refractivity contribution >= 4 is 17.7 Å². The molecule has 0 bridgehead atoms. The number of primary amides is 2. The Hall–Kier alpha value is -2.37. The van der Waals surface area contributed by atoms with Crippen molar-refractivity contribution in [2.24, 2.45) is 11.5 Å². The van der Waals surface area contributed by atoms with Gasteiger partial charge in [-0.3, -0.25) is 14.4 Å². The van der Waals surface area contributed by atoms with Gasteiger partial charge in [0.1, 0.15) is 0 Å². The fourth-order valence-corrected chi connectivity index (χ4v) is 3.23. The summed E-state index contributed by atoms with van der Waals surface area (Å²) >= 11 is 0. The number of rotatable bonds is 4. The van der Waals surface area contributed by atoms with Gasteiger partial charge in [0.15, 0.2) is 6.04 Å². The van der Waals surface area contributed by atoms with E-state index in [0.29, 0.717) is 5.56 Å². The van der Waals surface area contributed by atoms with E-state index in [9.17, 15) is 14.4 Å². The maximum Gasteiger partial charge on any atom is 0.252 e. The first kappa shape index (κ1) is 18.0. The predicted molar refractivity (Wildman–Crippen MR) is 91.4 cm³/mol. The molecule has 0 saturated carbocycles. The lowest BCUT2D eigenvalue weighted by molar-refractivity contribution is -0.128. The molecule has 1 aliphatic rings. The van der Waals surface area contributed by atoms with Crippen LogP contribution in [-0.4, -0.2) is 23.8 Å². The van der Waals surface area contributed by atoms with Gasteiger partial charge in [0, 0.05) is 5.56 Å². The third kappa shape index (κ3) is 3.27. The highest BCUT2D eigenvalue weighted by atomic mass is 16.2. The quantitative estimate of drug-likeness (QED) is 0.718. The number of carbonyl (C=O) groups excluding carboxylic acids is 3. The van der Waals surface area contributed by atoms with Gasteiger partial charge in [-0.2, -0.15) is 0 Å². The Labute approximate surface area is 142 Å². The largest absolute Gasteiger partial charge is 0.367 e. The lowest BCUT2D eigenvalue weighted by Crippen LogP contribution is -2.52. The van der Waals surface area contributed by atoms with E-state index in [2.05, 4.69) is 33.0 Å². The van der Waals surface area contributed by atoms with Crippen molar-refractivity contribution in [3.05, 3.63) is 34.9 Å². The van der Waals surface area contributed by atoms with Crippen molar-refractivity contribution in [1.82, 2.24) is 5.32 Å². The van der Waals surface area contributed by atoms with Crippen LogP contribution >= 0.6 is 0 Å². The minimum Gasteiger partial charge on any atom is -0.367 e. The van der Waals surface area contributed by atoms with Crippen molar-refractivity contribution < 1.29 is 14.4 Å². The summed E-state index contributed by atoms with van der Waals surface area (Å²) < 4.78 is 0. The highest BCUT2D eigenvalue weighted by Crippen LogP contribution is 2.45. The van der Waals surface area contributed by atoms with E-state index >= 15 is 0 Å². The zero-order chi connectivity index (χ0) is 18.3. The average molecular weight is 331 g/mol. The molecule has 0 spiro atoms. The summed E-state index contributed by atoms with van der Waals surface area (Å²) in [5.74, 6) is -2.50. The summed E-state index contributed by atoms with van der Waals surface area (Å²) in [6.45, 7) is 8.69. The van der Waals surface area contributed by atoms with E-state index < -0.39 is 23.8 Å². The molecule has 1 aromatic carbocycles. The van der Waals surface area contributed by atoms with Crippen molar-refractivity contribution in [3.8, 4) is 0 Å². The van der Waals surface area contributed by atoms with E-state index in [4.69, 9.17) is 11.5 Å². The molecule has 2 rings (SSSR count). The Morgan fingerprint density at radius 3 is 1.96 bits per heavy atom. The van der Waals surface area contributed by atoms with Crippen LogP contribution in [0.5, 0.6) is 0 Å². The van der Waals surface area contributed by atoms with Crippen molar-refractivity contribution in [2.75, 3.05) is 0 Å². The molecular weight excluding hydrogens is 306 g/mol. The molecule has 0 fully saturated rings. The highest BCUT2D eigenvalue weighted by molar-refractivity contribution is 6.08. The van der Waals surface area contributed by atoms with E-state index in [1.807, 2.05) is 12.1 Å². The average Bonchev–Trinajstić information content (AvgIpc) is 2.48.